The van der Waals surface area contributed by atoms with Crippen LogP contribution >= 0.6 is 11.3 Å². The molecule has 0 spiro atoms. The molecule has 0 saturated heterocycles. The SMILES string of the molecule is O=C(O)C(F)(F)F.O=C(O)N(Cc1ccccc1)c1cccs1. The molecule has 0 bridgehead atoms. The first-order valence-electron chi connectivity index (χ1n) is 6.10. The second kappa shape index (κ2) is 8.18. The van der Waals surface area contributed by atoms with Gasteiger partial charge in [0.2, 0.25) is 0 Å². The first kappa shape index (κ1) is 18.5. The highest BCUT2D eigenvalue weighted by Crippen LogP contribution is 2.23. The first-order valence-corrected chi connectivity index (χ1v) is 6.97. The molecule has 0 saturated carbocycles. The number of aliphatic carboxylic acids is 1. The molecule has 1 aromatic carbocycles. The summed E-state index contributed by atoms with van der Waals surface area (Å²) in [5.41, 5.74) is 0.985. The zero-order chi connectivity index (χ0) is 17.5. The van der Waals surface area contributed by atoms with E-state index in [4.69, 9.17) is 15.0 Å². The summed E-state index contributed by atoms with van der Waals surface area (Å²) in [7, 11) is 0. The van der Waals surface area contributed by atoms with E-state index in [0.717, 1.165) is 10.6 Å². The largest absolute Gasteiger partial charge is 0.490 e. The van der Waals surface area contributed by atoms with E-state index in [1.165, 1.54) is 16.2 Å². The summed E-state index contributed by atoms with van der Waals surface area (Å²) in [5, 5.41) is 18.9. The van der Waals surface area contributed by atoms with Gasteiger partial charge in [0.05, 0.1) is 6.54 Å². The smallest absolute Gasteiger partial charge is 0.475 e. The fraction of sp³-hybridized carbons (Fsp3) is 0.143. The van der Waals surface area contributed by atoms with Crippen molar-refractivity contribution in [2.24, 2.45) is 0 Å². The molecule has 0 aliphatic heterocycles. The molecule has 0 atom stereocenters. The summed E-state index contributed by atoms with van der Waals surface area (Å²) in [6.45, 7) is 0.386. The topological polar surface area (TPSA) is 77.8 Å². The van der Waals surface area contributed by atoms with Crippen molar-refractivity contribution in [2.75, 3.05) is 4.90 Å². The lowest BCUT2D eigenvalue weighted by atomic mass is 10.2. The number of hydrogen-bond donors (Lipinski definition) is 2. The predicted molar refractivity (Wildman–Crippen MR) is 78.7 cm³/mol. The molecule has 2 rings (SSSR count). The predicted octanol–water partition coefficient (Wildman–Crippen LogP) is 4.07. The Morgan fingerprint density at radius 3 is 2.00 bits per heavy atom. The van der Waals surface area contributed by atoms with E-state index in [2.05, 4.69) is 0 Å². The molecule has 9 heteroatoms. The molecule has 0 radical (unpaired) electrons. The second-order valence-electron chi connectivity index (χ2n) is 4.11. The van der Waals surface area contributed by atoms with Crippen LogP contribution in [0.15, 0.2) is 47.8 Å². The summed E-state index contributed by atoms with van der Waals surface area (Å²) < 4.78 is 31.7. The number of benzene rings is 1. The zero-order valence-corrected chi connectivity index (χ0v) is 12.3. The third-order valence-electron chi connectivity index (χ3n) is 2.43. The van der Waals surface area contributed by atoms with Crippen LogP contribution in [0.25, 0.3) is 0 Å². The quantitative estimate of drug-likeness (QED) is 0.877. The Balaban J connectivity index is 0.000000322. The molecule has 0 aliphatic carbocycles. The lowest BCUT2D eigenvalue weighted by Gasteiger charge is -2.16. The average Bonchev–Trinajstić information content (AvgIpc) is 2.99. The third-order valence-corrected chi connectivity index (χ3v) is 3.32. The molecule has 23 heavy (non-hydrogen) atoms. The lowest BCUT2D eigenvalue weighted by Crippen LogP contribution is -2.27. The third kappa shape index (κ3) is 6.39. The van der Waals surface area contributed by atoms with Crippen LogP contribution in [0.2, 0.25) is 0 Å². The second-order valence-corrected chi connectivity index (χ2v) is 5.03. The fourth-order valence-electron chi connectivity index (χ4n) is 1.43. The van der Waals surface area contributed by atoms with E-state index in [1.54, 1.807) is 0 Å². The maximum atomic E-state index is 11.1. The van der Waals surface area contributed by atoms with Crippen molar-refractivity contribution in [1.29, 1.82) is 0 Å². The van der Waals surface area contributed by atoms with Gasteiger partial charge in [0.15, 0.2) is 0 Å². The van der Waals surface area contributed by atoms with Crippen LogP contribution in [0.4, 0.5) is 23.0 Å². The van der Waals surface area contributed by atoms with Crippen molar-refractivity contribution in [1.82, 2.24) is 0 Å². The molecular weight excluding hydrogens is 335 g/mol. The standard InChI is InChI=1S/C12H11NO2S.C2HF3O2/c14-12(15)13(11-7-4-8-16-11)9-10-5-2-1-3-6-10;3-2(4,5)1(6)7/h1-8H,9H2,(H,14,15);(H,6,7). The van der Waals surface area contributed by atoms with Gasteiger partial charge in [-0.25, -0.2) is 9.59 Å². The summed E-state index contributed by atoms with van der Waals surface area (Å²) >= 11 is 1.42. The molecule has 1 aromatic heterocycles. The van der Waals surface area contributed by atoms with Gasteiger partial charge in [0, 0.05) is 0 Å². The molecule has 5 nitrogen and oxygen atoms in total. The Bertz CT molecular complexity index is 629. The number of halogens is 3. The zero-order valence-electron chi connectivity index (χ0n) is 11.5. The average molecular weight is 347 g/mol. The van der Waals surface area contributed by atoms with Crippen LogP contribution in [0.1, 0.15) is 5.56 Å². The minimum Gasteiger partial charge on any atom is -0.475 e. The molecule has 0 unspecified atom stereocenters. The highest BCUT2D eigenvalue weighted by atomic mass is 32.1. The van der Waals surface area contributed by atoms with Crippen LogP contribution in [0.3, 0.4) is 0 Å². The van der Waals surface area contributed by atoms with Crippen molar-refractivity contribution < 1.29 is 33.0 Å². The Kier molecular flexibility index (Phi) is 6.58. The number of thiophene rings is 1. The summed E-state index contributed by atoms with van der Waals surface area (Å²) in [4.78, 5) is 21.4. The number of anilines is 1. The van der Waals surface area contributed by atoms with Gasteiger partial charge in [0.1, 0.15) is 5.00 Å². The number of rotatable bonds is 3. The van der Waals surface area contributed by atoms with Crippen molar-refractivity contribution in [3.05, 3.63) is 53.4 Å². The summed E-state index contributed by atoms with van der Waals surface area (Å²) in [5.74, 6) is -2.76. The Morgan fingerprint density at radius 2 is 1.61 bits per heavy atom. The molecule has 1 amide bonds. The lowest BCUT2D eigenvalue weighted by molar-refractivity contribution is -0.192. The monoisotopic (exact) mass is 347 g/mol. The number of carboxylic acids is 1. The fourth-order valence-corrected chi connectivity index (χ4v) is 2.15. The molecule has 2 N–H and O–H groups in total. The minimum absolute atomic E-state index is 0.386. The van der Waals surface area contributed by atoms with E-state index in [-0.39, 0.29) is 0 Å². The van der Waals surface area contributed by atoms with Crippen LogP contribution in [-0.4, -0.2) is 28.5 Å². The van der Waals surface area contributed by atoms with Gasteiger partial charge in [0.25, 0.3) is 0 Å². The van der Waals surface area contributed by atoms with Crippen LogP contribution < -0.4 is 4.90 Å². The van der Waals surface area contributed by atoms with E-state index in [9.17, 15) is 18.0 Å². The number of hydrogen-bond acceptors (Lipinski definition) is 3. The summed E-state index contributed by atoms with van der Waals surface area (Å²) in [6, 6.07) is 13.2. The Hall–Kier alpha value is -2.55. The maximum absolute atomic E-state index is 11.1. The number of carboxylic acid groups (broad SMARTS) is 2. The van der Waals surface area contributed by atoms with Crippen LogP contribution in [0.5, 0.6) is 0 Å². The van der Waals surface area contributed by atoms with Crippen molar-refractivity contribution in [3.63, 3.8) is 0 Å². The van der Waals surface area contributed by atoms with Gasteiger partial charge >= 0.3 is 18.2 Å². The molecular formula is C14H12F3NO4S. The molecule has 124 valence electrons. The Morgan fingerprint density at radius 1 is 1.04 bits per heavy atom. The van der Waals surface area contributed by atoms with Crippen LogP contribution in [0, 0.1) is 0 Å². The number of alkyl halides is 3. The van der Waals surface area contributed by atoms with Gasteiger partial charge in [-0.15, -0.1) is 11.3 Å². The number of amides is 1. The molecule has 0 aliphatic rings. The van der Waals surface area contributed by atoms with Gasteiger partial charge in [-0.3, -0.25) is 4.90 Å². The molecule has 2 aromatic rings. The number of carbonyl (C=O) groups is 2. The van der Waals surface area contributed by atoms with Crippen molar-refractivity contribution in [2.45, 2.75) is 12.7 Å². The molecule has 1 heterocycles. The highest BCUT2D eigenvalue weighted by Gasteiger charge is 2.38. The normalized spacial score (nSPS) is 10.4. The van der Waals surface area contributed by atoms with E-state index >= 15 is 0 Å². The maximum Gasteiger partial charge on any atom is 0.490 e. The van der Waals surface area contributed by atoms with Gasteiger partial charge < -0.3 is 10.2 Å². The van der Waals surface area contributed by atoms with Crippen LogP contribution in [-0.2, 0) is 11.3 Å². The van der Waals surface area contributed by atoms with Gasteiger partial charge in [-0.05, 0) is 23.1 Å². The van der Waals surface area contributed by atoms with E-state index < -0.39 is 18.2 Å². The van der Waals surface area contributed by atoms with Crippen molar-refractivity contribution in [3.8, 4) is 0 Å². The minimum atomic E-state index is -5.08. The molecule has 0 fully saturated rings. The highest BCUT2D eigenvalue weighted by molar-refractivity contribution is 7.14. The summed E-state index contributed by atoms with van der Waals surface area (Å²) in [6.07, 6.45) is -6.01. The first-order chi connectivity index (χ1) is 10.7. The van der Waals surface area contributed by atoms with E-state index in [0.29, 0.717) is 6.54 Å². The van der Waals surface area contributed by atoms with Crippen molar-refractivity contribution >= 4 is 28.4 Å². The number of nitrogens with zero attached hydrogens (tertiary/aromatic N) is 1. The Labute approximate surface area is 133 Å². The van der Waals surface area contributed by atoms with E-state index in [1.807, 2.05) is 47.8 Å². The van der Waals surface area contributed by atoms with Gasteiger partial charge in [-0.1, -0.05) is 30.3 Å². The van der Waals surface area contributed by atoms with Gasteiger partial charge in [-0.2, -0.15) is 13.2 Å².